The molecule has 0 radical (unpaired) electrons. The number of carbonyl (C=O) groups is 1. The van der Waals surface area contributed by atoms with Gasteiger partial charge in [0.2, 0.25) is 0 Å². The minimum absolute atomic E-state index is 0.333. The number of alkyl halides is 3. The van der Waals surface area contributed by atoms with E-state index in [1.165, 1.54) is 19.2 Å². The van der Waals surface area contributed by atoms with E-state index in [2.05, 4.69) is 5.32 Å². The number of allylic oxidation sites excluding steroid dienone is 1. The minimum Gasteiger partial charge on any atom is -0.497 e. The Balaban J connectivity index is 2.93. The van der Waals surface area contributed by atoms with Gasteiger partial charge in [-0.25, -0.2) is 4.79 Å². The number of halogens is 3. The van der Waals surface area contributed by atoms with Gasteiger partial charge in [0.05, 0.1) is 19.3 Å². The van der Waals surface area contributed by atoms with E-state index in [0.29, 0.717) is 17.5 Å². The number of benzene rings is 1. The van der Waals surface area contributed by atoms with Gasteiger partial charge in [0.1, 0.15) is 11.4 Å². The molecule has 0 spiro atoms. The Morgan fingerprint density at radius 3 is 2.33 bits per heavy atom. The second kappa shape index (κ2) is 7.26. The topological polar surface area (TPSA) is 47.6 Å². The van der Waals surface area contributed by atoms with Crippen molar-refractivity contribution in [3.05, 3.63) is 36.0 Å². The molecule has 0 aromatic heterocycles. The average Bonchev–Trinajstić information content (AvgIpc) is 2.36. The van der Waals surface area contributed by atoms with Crippen LogP contribution in [0.1, 0.15) is 13.8 Å². The quantitative estimate of drug-likeness (QED) is 0.492. The Labute approximate surface area is 126 Å². The lowest BCUT2D eigenvalue weighted by atomic mass is 10.3. The highest BCUT2D eigenvalue weighted by molar-refractivity contribution is 6.24. The van der Waals surface area contributed by atoms with Crippen molar-refractivity contribution in [3.8, 4) is 5.75 Å². The van der Waals surface area contributed by atoms with Gasteiger partial charge >= 0.3 is 11.4 Å². The van der Waals surface area contributed by atoms with Crippen molar-refractivity contribution in [2.24, 2.45) is 0 Å². The zero-order valence-corrected chi connectivity index (χ0v) is 12.6. The van der Waals surface area contributed by atoms with E-state index in [9.17, 15) is 13.6 Å². The number of esters is 1. The molecule has 0 heterocycles. The number of hydrogen-bond acceptors (Lipinski definition) is 4. The number of anilines is 1. The fourth-order valence-electron chi connectivity index (χ4n) is 1.40. The predicted molar refractivity (Wildman–Crippen MR) is 76.7 cm³/mol. The summed E-state index contributed by atoms with van der Waals surface area (Å²) in [5.74, 6) is -0.329. The fourth-order valence-corrected chi connectivity index (χ4v) is 1.50. The minimum atomic E-state index is -3.73. The Bertz CT molecular complexity index is 510. The summed E-state index contributed by atoms with van der Waals surface area (Å²) in [4.78, 5) is 11.5. The van der Waals surface area contributed by atoms with Crippen LogP contribution in [0.3, 0.4) is 0 Å². The van der Waals surface area contributed by atoms with Crippen LogP contribution in [0, 0.1) is 0 Å². The number of methoxy groups -OCH3 is 1. The maximum absolute atomic E-state index is 13.3. The molecule has 1 N–H and O–H groups in total. The molecule has 0 saturated carbocycles. The first-order chi connectivity index (χ1) is 9.72. The Kier molecular flexibility index (Phi) is 5.96. The zero-order chi connectivity index (χ0) is 16.0. The summed E-state index contributed by atoms with van der Waals surface area (Å²) >= 11 is 4.99. The highest BCUT2D eigenvalue weighted by Crippen LogP contribution is 2.30. The second-order valence-electron chi connectivity index (χ2n) is 4.39. The average molecular weight is 320 g/mol. The van der Waals surface area contributed by atoms with Gasteiger partial charge < -0.3 is 14.8 Å². The van der Waals surface area contributed by atoms with Crippen LogP contribution in [-0.2, 0) is 9.53 Å². The molecule has 21 heavy (non-hydrogen) atoms. The molecule has 1 rings (SSSR count). The number of hydrogen-bond donors (Lipinski definition) is 1. The summed E-state index contributed by atoms with van der Waals surface area (Å²) in [6, 6.07) is 6.20. The molecule has 0 aliphatic heterocycles. The molecular formula is C14H16ClF2NO3. The number of rotatable bonds is 6. The van der Waals surface area contributed by atoms with Crippen LogP contribution in [0.15, 0.2) is 36.0 Å². The van der Waals surface area contributed by atoms with Crippen LogP contribution in [0.5, 0.6) is 5.75 Å². The lowest BCUT2D eigenvalue weighted by molar-refractivity contribution is -0.141. The molecule has 116 valence electrons. The van der Waals surface area contributed by atoms with Crippen molar-refractivity contribution in [2.45, 2.75) is 25.3 Å². The van der Waals surface area contributed by atoms with E-state index in [4.69, 9.17) is 21.1 Å². The molecule has 0 aliphatic carbocycles. The molecular weight excluding hydrogens is 304 g/mol. The first-order valence-electron chi connectivity index (χ1n) is 6.13. The first-order valence-corrected chi connectivity index (χ1v) is 6.50. The van der Waals surface area contributed by atoms with Gasteiger partial charge in [-0.1, -0.05) is 0 Å². The standard InChI is InChI=1S/C14H16ClF2NO3/c1-9(2)21-13(19)8-12(14(15,16)17)18-10-4-6-11(20-3)7-5-10/h4-9,18H,1-3H3/b12-8-. The van der Waals surface area contributed by atoms with E-state index < -0.39 is 23.2 Å². The highest BCUT2D eigenvalue weighted by Gasteiger charge is 2.32. The monoisotopic (exact) mass is 319 g/mol. The lowest BCUT2D eigenvalue weighted by Gasteiger charge is -2.16. The molecule has 0 amide bonds. The van der Waals surface area contributed by atoms with E-state index in [0.717, 1.165) is 0 Å². The van der Waals surface area contributed by atoms with Gasteiger partial charge in [-0.05, 0) is 49.7 Å². The maximum Gasteiger partial charge on any atom is 0.362 e. The summed E-state index contributed by atoms with van der Waals surface area (Å²) in [6.07, 6.45) is 0.219. The van der Waals surface area contributed by atoms with Crippen molar-refractivity contribution in [1.29, 1.82) is 0 Å². The predicted octanol–water partition coefficient (Wildman–Crippen LogP) is 3.77. The lowest BCUT2D eigenvalue weighted by Crippen LogP contribution is -2.21. The van der Waals surface area contributed by atoms with Crippen molar-refractivity contribution in [3.63, 3.8) is 0 Å². The van der Waals surface area contributed by atoms with Crippen LogP contribution in [0.2, 0.25) is 0 Å². The van der Waals surface area contributed by atoms with Gasteiger partial charge in [-0.3, -0.25) is 0 Å². The van der Waals surface area contributed by atoms with Gasteiger partial charge in [0.25, 0.3) is 0 Å². The molecule has 7 heteroatoms. The molecule has 0 unspecified atom stereocenters. The van der Waals surface area contributed by atoms with Gasteiger partial charge in [0.15, 0.2) is 0 Å². The highest BCUT2D eigenvalue weighted by atomic mass is 35.5. The molecule has 0 saturated heterocycles. The third-order valence-electron chi connectivity index (χ3n) is 2.29. The van der Waals surface area contributed by atoms with Crippen LogP contribution in [0.4, 0.5) is 14.5 Å². The summed E-state index contributed by atoms with van der Waals surface area (Å²) < 4.78 is 36.4. The smallest absolute Gasteiger partial charge is 0.362 e. The molecule has 4 nitrogen and oxygen atoms in total. The van der Waals surface area contributed by atoms with Gasteiger partial charge in [-0.15, -0.1) is 0 Å². The van der Waals surface area contributed by atoms with Crippen molar-refractivity contribution < 1.29 is 23.0 Å². The van der Waals surface area contributed by atoms with Crippen molar-refractivity contribution in [2.75, 3.05) is 12.4 Å². The normalized spacial score (nSPS) is 12.2. The Morgan fingerprint density at radius 2 is 1.90 bits per heavy atom. The molecule has 1 aromatic rings. The zero-order valence-electron chi connectivity index (χ0n) is 11.8. The molecule has 0 fully saturated rings. The van der Waals surface area contributed by atoms with E-state index in [1.807, 2.05) is 0 Å². The first kappa shape index (κ1) is 17.2. The van der Waals surface area contributed by atoms with Crippen LogP contribution in [0.25, 0.3) is 0 Å². The van der Waals surface area contributed by atoms with Crippen molar-refractivity contribution >= 4 is 23.3 Å². The van der Waals surface area contributed by atoms with E-state index >= 15 is 0 Å². The fraction of sp³-hybridized carbons (Fsp3) is 0.357. The largest absolute Gasteiger partial charge is 0.497 e. The molecule has 0 bridgehead atoms. The second-order valence-corrected chi connectivity index (χ2v) is 4.87. The molecule has 1 aromatic carbocycles. The number of ether oxygens (including phenoxy) is 2. The Hall–Kier alpha value is -1.82. The van der Waals surface area contributed by atoms with Crippen LogP contribution >= 0.6 is 11.6 Å². The molecule has 0 aliphatic rings. The van der Waals surface area contributed by atoms with E-state index in [-0.39, 0.29) is 0 Å². The SMILES string of the molecule is COc1ccc(N/C(=C\C(=O)OC(C)C)C(F)(F)Cl)cc1. The summed E-state index contributed by atoms with van der Waals surface area (Å²) in [5, 5.41) is -1.33. The number of carbonyl (C=O) groups excluding carboxylic acids is 1. The summed E-state index contributed by atoms with van der Waals surface area (Å²) in [6.45, 7) is 3.22. The summed E-state index contributed by atoms with van der Waals surface area (Å²) in [5.41, 5.74) is -0.431. The third kappa shape index (κ3) is 5.99. The molecule has 0 atom stereocenters. The van der Waals surface area contributed by atoms with Crippen molar-refractivity contribution in [1.82, 2.24) is 0 Å². The summed E-state index contributed by atoms with van der Waals surface area (Å²) in [7, 11) is 1.49. The number of nitrogens with one attached hydrogen (secondary N) is 1. The van der Waals surface area contributed by atoms with Crippen LogP contribution < -0.4 is 10.1 Å². The van der Waals surface area contributed by atoms with Gasteiger partial charge in [0, 0.05) is 5.69 Å². The third-order valence-corrected chi connectivity index (χ3v) is 2.49. The maximum atomic E-state index is 13.3. The van der Waals surface area contributed by atoms with Gasteiger partial charge in [-0.2, -0.15) is 8.78 Å². The Morgan fingerprint density at radius 1 is 1.33 bits per heavy atom. The van der Waals surface area contributed by atoms with E-state index in [1.54, 1.807) is 26.0 Å². The van der Waals surface area contributed by atoms with Crippen LogP contribution in [-0.4, -0.2) is 24.6 Å².